The molecular weight excluding hydrogens is 450 g/mol. The van der Waals surface area contributed by atoms with Gasteiger partial charge in [0.25, 0.3) is 5.91 Å². The van der Waals surface area contributed by atoms with Gasteiger partial charge in [-0.05, 0) is 64.6 Å². The lowest BCUT2D eigenvalue weighted by Gasteiger charge is -2.20. The molecule has 3 aromatic carbocycles. The van der Waals surface area contributed by atoms with Crippen LogP contribution in [0.3, 0.4) is 0 Å². The molecule has 1 aromatic heterocycles. The third-order valence-corrected chi connectivity index (χ3v) is 6.04. The molecule has 4 aromatic rings. The quantitative estimate of drug-likeness (QED) is 0.294. The van der Waals surface area contributed by atoms with Crippen LogP contribution in [0.4, 0.5) is 5.69 Å². The van der Waals surface area contributed by atoms with E-state index in [2.05, 4.69) is 33.8 Å². The van der Waals surface area contributed by atoms with Gasteiger partial charge in [0, 0.05) is 17.4 Å². The molecule has 1 heterocycles. The van der Waals surface area contributed by atoms with Gasteiger partial charge in [0.05, 0.1) is 19.3 Å². The fourth-order valence-corrected chi connectivity index (χ4v) is 4.29. The molecular formula is C30H31N3O3. The van der Waals surface area contributed by atoms with Gasteiger partial charge in [-0.1, -0.05) is 62.4 Å². The minimum atomic E-state index is -0.718. The van der Waals surface area contributed by atoms with Crippen molar-refractivity contribution in [3.63, 3.8) is 0 Å². The summed E-state index contributed by atoms with van der Waals surface area (Å²) in [5.74, 6) is -0.548. The van der Waals surface area contributed by atoms with Crippen molar-refractivity contribution in [2.24, 2.45) is 5.92 Å². The summed E-state index contributed by atoms with van der Waals surface area (Å²) < 4.78 is 4.95. The third kappa shape index (κ3) is 5.89. The maximum Gasteiger partial charge on any atom is 0.328 e. The minimum absolute atomic E-state index is 0.213. The van der Waals surface area contributed by atoms with Crippen LogP contribution < -0.4 is 10.6 Å². The number of nitrogens with zero attached hydrogens (tertiary/aromatic N) is 1. The monoisotopic (exact) mass is 481 g/mol. The second-order valence-corrected chi connectivity index (χ2v) is 9.14. The number of anilines is 1. The fourth-order valence-electron chi connectivity index (χ4n) is 4.29. The Balaban J connectivity index is 1.73. The number of benzene rings is 3. The molecule has 4 rings (SSSR count). The lowest BCUT2D eigenvalue weighted by atomic mass is 9.93. The highest BCUT2D eigenvalue weighted by Crippen LogP contribution is 2.33. The summed E-state index contributed by atoms with van der Waals surface area (Å²) in [6.07, 6.45) is 2.26. The maximum atomic E-state index is 13.5. The lowest BCUT2D eigenvalue weighted by Crippen LogP contribution is -2.42. The summed E-state index contributed by atoms with van der Waals surface area (Å²) in [7, 11) is 1.34. The van der Waals surface area contributed by atoms with E-state index in [0.29, 0.717) is 18.5 Å². The van der Waals surface area contributed by atoms with Gasteiger partial charge in [-0.25, -0.2) is 4.79 Å². The predicted molar refractivity (Wildman–Crippen MR) is 144 cm³/mol. The van der Waals surface area contributed by atoms with E-state index in [1.54, 1.807) is 12.3 Å². The maximum absolute atomic E-state index is 13.5. The molecule has 6 heteroatoms. The number of pyridine rings is 1. The predicted octanol–water partition coefficient (Wildman–Crippen LogP) is 5.83. The van der Waals surface area contributed by atoms with Crippen LogP contribution in [0, 0.1) is 5.92 Å². The average molecular weight is 482 g/mol. The number of rotatable bonds is 9. The second-order valence-electron chi connectivity index (χ2n) is 9.14. The van der Waals surface area contributed by atoms with E-state index >= 15 is 0 Å². The zero-order valence-electron chi connectivity index (χ0n) is 20.8. The Labute approximate surface area is 211 Å². The Morgan fingerprint density at radius 2 is 1.69 bits per heavy atom. The van der Waals surface area contributed by atoms with E-state index in [1.807, 2.05) is 68.4 Å². The van der Waals surface area contributed by atoms with Crippen LogP contribution in [-0.4, -0.2) is 30.0 Å². The van der Waals surface area contributed by atoms with Crippen molar-refractivity contribution >= 4 is 28.3 Å². The minimum Gasteiger partial charge on any atom is -0.467 e. The van der Waals surface area contributed by atoms with Gasteiger partial charge >= 0.3 is 5.97 Å². The summed E-state index contributed by atoms with van der Waals surface area (Å²) in [4.78, 5) is 30.3. The lowest BCUT2D eigenvalue weighted by molar-refractivity contribution is -0.143. The summed E-state index contributed by atoms with van der Waals surface area (Å²) >= 11 is 0. The van der Waals surface area contributed by atoms with Crippen LogP contribution in [0.25, 0.3) is 21.9 Å². The van der Waals surface area contributed by atoms with Gasteiger partial charge in [0.2, 0.25) is 0 Å². The van der Waals surface area contributed by atoms with Crippen molar-refractivity contribution in [3.05, 3.63) is 96.3 Å². The average Bonchev–Trinajstić information content (AvgIpc) is 2.91. The van der Waals surface area contributed by atoms with E-state index in [9.17, 15) is 9.59 Å². The highest BCUT2D eigenvalue weighted by molar-refractivity contribution is 6.07. The number of hydrogen-bond donors (Lipinski definition) is 2. The number of aromatic nitrogens is 1. The number of methoxy groups -OCH3 is 1. The molecule has 36 heavy (non-hydrogen) atoms. The Kier molecular flexibility index (Phi) is 7.95. The molecule has 0 aliphatic rings. The molecule has 0 saturated carbocycles. The van der Waals surface area contributed by atoms with Crippen LogP contribution in [0.5, 0.6) is 0 Å². The standard InChI is InChI=1S/C30H31N3O3/c1-20(2)17-28(30(35)36-3)33-29(34)26-15-14-22(32-19-23-11-6-7-16-31-23)18-27(26)25-13-8-10-21-9-4-5-12-24(21)25/h4-16,18,20,28,32H,17,19H2,1-3H3,(H,33,34)/t28-/m0/s1. The van der Waals surface area contributed by atoms with Crippen LogP contribution in [0.1, 0.15) is 36.3 Å². The first-order chi connectivity index (χ1) is 17.5. The largest absolute Gasteiger partial charge is 0.467 e. The van der Waals surface area contributed by atoms with Crippen molar-refractivity contribution < 1.29 is 14.3 Å². The van der Waals surface area contributed by atoms with Crippen LogP contribution in [0.2, 0.25) is 0 Å². The van der Waals surface area contributed by atoms with Gasteiger partial charge in [-0.2, -0.15) is 0 Å². The molecule has 0 aliphatic heterocycles. The van der Waals surface area contributed by atoms with Crippen molar-refractivity contribution in [1.29, 1.82) is 0 Å². The van der Waals surface area contributed by atoms with Gasteiger partial charge in [-0.15, -0.1) is 0 Å². The number of amides is 1. The van der Waals surface area contributed by atoms with Crippen LogP contribution in [0.15, 0.2) is 85.1 Å². The Morgan fingerprint density at radius 3 is 2.44 bits per heavy atom. The number of carbonyl (C=O) groups is 2. The van der Waals surface area contributed by atoms with E-state index in [1.165, 1.54) is 7.11 Å². The topological polar surface area (TPSA) is 80.3 Å². The Bertz CT molecular complexity index is 1350. The van der Waals surface area contributed by atoms with Crippen molar-refractivity contribution in [3.8, 4) is 11.1 Å². The number of ether oxygens (including phenoxy) is 1. The van der Waals surface area contributed by atoms with Gasteiger partial charge in [0.15, 0.2) is 0 Å². The molecule has 6 nitrogen and oxygen atoms in total. The molecule has 0 aliphatic carbocycles. The summed E-state index contributed by atoms with van der Waals surface area (Å²) in [5, 5.41) is 8.45. The smallest absolute Gasteiger partial charge is 0.328 e. The molecule has 0 fully saturated rings. The summed E-state index contributed by atoms with van der Waals surface area (Å²) in [5.41, 5.74) is 4.00. The Morgan fingerprint density at radius 1 is 0.917 bits per heavy atom. The first kappa shape index (κ1) is 24.9. The number of carbonyl (C=O) groups excluding carboxylic acids is 2. The molecule has 0 unspecified atom stereocenters. The van der Waals surface area contributed by atoms with E-state index < -0.39 is 12.0 Å². The van der Waals surface area contributed by atoms with Crippen LogP contribution >= 0.6 is 0 Å². The molecule has 1 amide bonds. The summed E-state index contributed by atoms with van der Waals surface area (Å²) in [6.45, 7) is 4.57. The van der Waals surface area contributed by atoms with Crippen LogP contribution in [-0.2, 0) is 16.1 Å². The molecule has 0 spiro atoms. The highest BCUT2D eigenvalue weighted by atomic mass is 16.5. The van der Waals surface area contributed by atoms with Gasteiger partial charge in [0.1, 0.15) is 6.04 Å². The SMILES string of the molecule is COC(=O)[C@H](CC(C)C)NC(=O)c1ccc(NCc2ccccn2)cc1-c1cccc2ccccc12. The van der Waals surface area contributed by atoms with E-state index in [4.69, 9.17) is 4.74 Å². The van der Waals surface area contributed by atoms with Crippen molar-refractivity contribution in [1.82, 2.24) is 10.3 Å². The normalized spacial score (nSPS) is 11.8. The molecule has 1 atom stereocenters. The molecule has 0 radical (unpaired) electrons. The van der Waals surface area contributed by atoms with E-state index in [-0.39, 0.29) is 11.8 Å². The van der Waals surface area contributed by atoms with Gasteiger partial charge in [-0.3, -0.25) is 9.78 Å². The summed E-state index contributed by atoms with van der Waals surface area (Å²) in [6, 6.07) is 24.9. The number of nitrogens with one attached hydrogen (secondary N) is 2. The fraction of sp³-hybridized carbons (Fsp3) is 0.233. The number of fused-ring (bicyclic) bond motifs is 1. The number of hydrogen-bond acceptors (Lipinski definition) is 5. The highest BCUT2D eigenvalue weighted by Gasteiger charge is 2.25. The molecule has 0 saturated heterocycles. The Hall–Kier alpha value is -4.19. The molecule has 184 valence electrons. The zero-order valence-corrected chi connectivity index (χ0v) is 20.8. The van der Waals surface area contributed by atoms with Crippen molar-refractivity contribution in [2.75, 3.05) is 12.4 Å². The zero-order chi connectivity index (χ0) is 25.5. The van der Waals surface area contributed by atoms with Crippen molar-refractivity contribution in [2.45, 2.75) is 32.9 Å². The van der Waals surface area contributed by atoms with Gasteiger partial charge < -0.3 is 15.4 Å². The first-order valence-electron chi connectivity index (χ1n) is 12.1. The molecule has 0 bridgehead atoms. The van der Waals surface area contributed by atoms with E-state index in [0.717, 1.165) is 33.3 Å². The molecule has 2 N–H and O–H groups in total. The number of esters is 1. The third-order valence-electron chi connectivity index (χ3n) is 6.04. The first-order valence-corrected chi connectivity index (χ1v) is 12.1. The second kappa shape index (κ2) is 11.5.